The van der Waals surface area contributed by atoms with Crippen molar-refractivity contribution in [1.82, 2.24) is 0 Å². The molecule has 0 unspecified atom stereocenters. The molecule has 122 valence electrons. The van der Waals surface area contributed by atoms with Gasteiger partial charge in [0.05, 0.1) is 0 Å². The number of ether oxygens (including phenoxy) is 1. The number of para-hydroxylation sites is 1. The lowest BCUT2D eigenvalue weighted by Gasteiger charge is -2.23. The molecule has 0 saturated heterocycles. The Balaban J connectivity index is 2.03. The van der Waals surface area contributed by atoms with Crippen LogP contribution in [-0.4, -0.2) is 12.5 Å². The Morgan fingerprint density at radius 2 is 1.65 bits per heavy atom. The third-order valence-corrected chi connectivity index (χ3v) is 3.57. The topological polar surface area (TPSA) is 38.3 Å². The smallest absolute Gasteiger partial charge is 0.262 e. The average molecular weight is 311 g/mol. The van der Waals surface area contributed by atoms with Gasteiger partial charge < -0.3 is 10.1 Å². The molecule has 2 rings (SSSR count). The van der Waals surface area contributed by atoms with Crippen LogP contribution in [0.1, 0.15) is 37.5 Å². The van der Waals surface area contributed by atoms with Crippen LogP contribution in [0.4, 0.5) is 5.69 Å². The van der Waals surface area contributed by atoms with Crippen LogP contribution in [0, 0.1) is 13.8 Å². The molecular formula is C20H25NO2. The largest absolute Gasteiger partial charge is 0.484 e. The van der Waals surface area contributed by atoms with Gasteiger partial charge in [-0.2, -0.15) is 0 Å². The lowest BCUT2D eigenvalue weighted by molar-refractivity contribution is -0.118. The molecule has 0 saturated carbocycles. The zero-order chi connectivity index (χ0) is 17.0. The molecule has 2 aromatic carbocycles. The third kappa shape index (κ3) is 4.85. The summed E-state index contributed by atoms with van der Waals surface area (Å²) in [4.78, 5) is 12.2. The Kier molecular flexibility index (Phi) is 5.09. The number of carbonyl (C=O) groups excluding carboxylic acids is 1. The minimum Gasteiger partial charge on any atom is -0.484 e. The molecule has 23 heavy (non-hydrogen) atoms. The van der Waals surface area contributed by atoms with Crippen molar-refractivity contribution in [1.29, 1.82) is 0 Å². The van der Waals surface area contributed by atoms with E-state index in [-0.39, 0.29) is 17.9 Å². The number of rotatable bonds is 4. The molecular weight excluding hydrogens is 286 g/mol. The van der Waals surface area contributed by atoms with Gasteiger partial charge in [-0.3, -0.25) is 4.79 Å². The highest BCUT2D eigenvalue weighted by Gasteiger charge is 2.18. The SMILES string of the molecule is Cc1cc(C)cc(OCC(=O)Nc2ccccc2C(C)(C)C)c1. The first kappa shape index (κ1) is 17.1. The minimum atomic E-state index is -0.152. The molecule has 0 bridgehead atoms. The van der Waals surface area contributed by atoms with Crippen LogP contribution < -0.4 is 10.1 Å². The molecule has 1 N–H and O–H groups in total. The molecule has 0 spiro atoms. The number of nitrogens with one attached hydrogen (secondary N) is 1. The van der Waals surface area contributed by atoms with Gasteiger partial charge in [-0.05, 0) is 54.2 Å². The van der Waals surface area contributed by atoms with Gasteiger partial charge in [-0.25, -0.2) is 0 Å². The van der Waals surface area contributed by atoms with E-state index in [2.05, 4.69) is 32.2 Å². The van der Waals surface area contributed by atoms with Gasteiger partial charge in [0.15, 0.2) is 6.61 Å². The molecule has 3 heteroatoms. The van der Waals surface area contributed by atoms with Crippen molar-refractivity contribution in [3.05, 3.63) is 59.2 Å². The van der Waals surface area contributed by atoms with Crippen molar-refractivity contribution in [2.45, 2.75) is 40.0 Å². The number of hydrogen-bond acceptors (Lipinski definition) is 2. The van der Waals surface area contributed by atoms with Crippen LogP contribution in [0.2, 0.25) is 0 Å². The molecule has 3 nitrogen and oxygen atoms in total. The summed E-state index contributed by atoms with van der Waals surface area (Å²) in [5.74, 6) is 0.572. The number of anilines is 1. The zero-order valence-corrected chi connectivity index (χ0v) is 14.6. The maximum atomic E-state index is 12.2. The summed E-state index contributed by atoms with van der Waals surface area (Å²) in [6.07, 6.45) is 0. The quantitative estimate of drug-likeness (QED) is 0.895. The molecule has 0 aromatic heterocycles. The summed E-state index contributed by atoms with van der Waals surface area (Å²) in [6.45, 7) is 10.4. The normalized spacial score (nSPS) is 11.2. The van der Waals surface area contributed by atoms with Crippen LogP contribution in [0.3, 0.4) is 0 Å². The number of aryl methyl sites for hydroxylation is 2. The molecule has 0 heterocycles. The van der Waals surface area contributed by atoms with E-state index < -0.39 is 0 Å². The van der Waals surface area contributed by atoms with Crippen LogP contribution in [-0.2, 0) is 10.2 Å². The Labute approximate surface area is 138 Å². The van der Waals surface area contributed by atoms with Gasteiger partial charge in [0, 0.05) is 5.69 Å². The molecule has 0 aliphatic rings. The fourth-order valence-electron chi connectivity index (χ4n) is 2.60. The maximum Gasteiger partial charge on any atom is 0.262 e. The zero-order valence-electron chi connectivity index (χ0n) is 14.6. The molecule has 0 aliphatic heterocycles. The van der Waals surface area contributed by atoms with E-state index in [1.165, 1.54) is 0 Å². The Morgan fingerprint density at radius 1 is 1.04 bits per heavy atom. The Morgan fingerprint density at radius 3 is 2.26 bits per heavy atom. The van der Waals surface area contributed by atoms with Crippen molar-refractivity contribution in [2.24, 2.45) is 0 Å². The summed E-state index contributed by atoms with van der Waals surface area (Å²) in [5, 5.41) is 2.95. The first-order valence-electron chi connectivity index (χ1n) is 7.86. The van der Waals surface area contributed by atoms with E-state index in [4.69, 9.17) is 4.74 Å². The van der Waals surface area contributed by atoms with Gasteiger partial charge in [-0.1, -0.05) is 45.0 Å². The van der Waals surface area contributed by atoms with Crippen molar-refractivity contribution in [3.63, 3.8) is 0 Å². The monoisotopic (exact) mass is 311 g/mol. The molecule has 0 atom stereocenters. The maximum absolute atomic E-state index is 12.2. The summed E-state index contributed by atoms with van der Waals surface area (Å²) >= 11 is 0. The average Bonchev–Trinajstić information content (AvgIpc) is 2.43. The summed E-state index contributed by atoms with van der Waals surface area (Å²) in [5.41, 5.74) is 4.17. The highest BCUT2D eigenvalue weighted by atomic mass is 16.5. The van der Waals surface area contributed by atoms with Crippen LogP contribution in [0.15, 0.2) is 42.5 Å². The number of benzene rings is 2. The van der Waals surface area contributed by atoms with Crippen LogP contribution in [0.5, 0.6) is 5.75 Å². The Hall–Kier alpha value is -2.29. The lowest BCUT2D eigenvalue weighted by atomic mass is 9.86. The second-order valence-electron chi connectivity index (χ2n) is 6.96. The van der Waals surface area contributed by atoms with Gasteiger partial charge in [0.2, 0.25) is 0 Å². The highest BCUT2D eigenvalue weighted by Crippen LogP contribution is 2.29. The van der Waals surface area contributed by atoms with Crippen molar-refractivity contribution in [2.75, 3.05) is 11.9 Å². The van der Waals surface area contributed by atoms with Crippen LogP contribution >= 0.6 is 0 Å². The van der Waals surface area contributed by atoms with E-state index in [9.17, 15) is 4.79 Å². The van der Waals surface area contributed by atoms with Crippen LogP contribution in [0.25, 0.3) is 0 Å². The van der Waals surface area contributed by atoms with E-state index in [1.54, 1.807) is 0 Å². The molecule has 2 aromatic rings. The first-order valence-corrected chi connectivity index (χ1v) is 7.86. The van der Waals surface area contributed by atoms with E-state index in [1.807, 2.05) is 50.2 Å². The molecule has 1 amide bonds. The van der Waals surface area contributed by atoms with Crippen molar-refractivity contribution < 1.29 is 9.53 Å². The second kappa shape index (κ2) is 6.86. The molecule has 0 aliphatic carbocycles. The van der Waals surface area contributed by atoms with Gasteiger partial charge >= 0.3 is 0 Å². The Bertz CT molecular complexity index is 679. The van der Waals surface area contributed by atoms with Crippen molar-refractivity contribution in [3.8, 4) is 5.75 Å². The minimum absolute atomic E-state index is 0.00136. The highest BCUT2D eigenvalue weighted by molar-refractivity contribution is 5.92. The van der Waals surface area contributed by atoms with Gasteiger partial charge in [0.1, 0.15) is 5.75 Å². The van der Waals surface area contributed by atoms with E-state index >= 15 is 0 Å². The first-order chi connectivity index (χ1) is 10.8. The van der Waals surface area contributed by atoms with E-state index in [0.717, 1.165) is 28.1 Å². The standard InChI is InChI=1S/C20H25NO2/c1-14-10-15(2)12-16(11-14)23-13-19(22)21-18-9-7-6-8-17(18)20(3,4)5/h6-12H,13H2,1-5H3,(H,21,22). The number of hydrogen-bond donors (Lipinski definition) is 1. The summed E-state index contributed by atoms with van der Waals surface area (Å²) in [6, 6.07) is 13.8. The number of amides is 1. The fourth-order valence-corrected chi connectivity index (χ4v) is 2.60. The van der Waals surface area contributed by atoms with Gasteiger partial charge in [-0.15, -0.1) is 0 Å². The fraction of sp³-hybridized carbons (Fsp3) is 0.350. The van der Waals surface area contributed by atoms with Gasteiger partial charge in [0.25, 0.3) is 5.91 Å². The summed E-state index contributed by atoms with van der Waals surface area (Å²) in [7, 11) is 0. The number of carbonyl (C=O) groups is 1. The van der Waals surface area contributed by atoms with Crippen molar-refractivity contribution >= 4 is 11.6 Å². The van der Waals surface area contributed by atoms with E-state index in [0.29, 0.717) is 0 Å². The third-order valence-electron chi connectivity index (χ3n) is 3.57. The second-order valence-corrected chi connectivity index (χ2v) is 6.96. The molecule has 0 fully saturated rings. The lowest BCUT2D eigenvalue weighted by Crippen LogP contribution is -2.23. The molecule has 0 radical (unpaired) electrons. The predicted molar refractivity (Wildman–Crippen MR) is 95.2 cm³/mol. The summed E-state index contributed by atoms with van der Waals surface area (Å²) < 4.78 is 5.62. The predicted octanol–water partition coefficient (Wildman–Crippen LogP) is 4.62.